The van der Waals surface area contributed by atoms with E-state index in [9.17, 15) is 5.21 Å². The molecule has 0 amide bonds. The molecule has 84 valence electrons. The Labute approximate surface area is 95.1 Å². The molecular weight excluding hydrogens is 210 g/mol. The molecule has 0 N–H and O–H groups in total. The highest BCUT2D eigenvalue weighted by Gasteiger charge is 2.16. The minimum absolute atomic E-state index is 0.437. The van der Waals surface area contributed by atoms with E-state index in [1.54, 1.807) is 0 Å². The highest BCUT2D eigenvalue weighted by Crippen LogP contribution is 2.23. The highest BCUT2D eigenvalue weighted by atomic mass is 32.2. The first-order chi connectivity index (χ1) is 7.02. The van der Waals surface area contributed by atoms with Gasteiger partial charge in [-0.2, -0.15) is 0 Å². The van der Waals surface area contributed by atoms with Gasteiger partial charge in [0.2, 0.25) is 0 Å². The zero-order valence-electron chi connectivity index (χ0n) is 9.60. The van der Waals surface area contributed by atoms with Crippen molar-refractivity contribution >= 4 is 16.9 Å². The SMILES string of the molecule is CN(C)C(SC1=CC=CCN1[O-])=[N+](C)C. The van der Waals surface area contributed by atoms with Crippen LogP contribution in [0.3, 0.4) is 0 Å². The largest absolute Gasteiger partial charge is 0.758 e. The smallest absolute Gasteiger partial charge is 0.313 e. The molecule has 0 atom stereocenters. The Balaban J connectivity index is 2.80. The van der Waals surface area contributed by atoms with E-state index < -0.39 is 0 Å². The topological polar surface area (TPSA) is 32.5 Å². The molecule has 0 saturated carbocycles. The number of hydrogen-bond donors (Lipinski definition) is 0. The van der Waals surface area contributed by atoms with E-state index in [1.807, 2.05) is 55.9 Å². The Kier molecular flexibility index (Phi) is 4.23. The van der Waals surface area contributed by atoms with Crippen molar-refractivity contribution < 1.29 is 4.58 Å². The molecule has 0 aliphatic carbocycles. The number of allylic oxidation sites excluding steroid dienone is 2. The molecule has 0 aromatic heterocycles. The number of hydrogen-bond acceptors (Lipinski definition) is 3. The van der Waals surface area contributed by atoms with Crippen molar-refractivity contribution in [2.45, 2.75) is 0 Å². The van der Waals surface area contributed by atoms with Crippen LogP contribution in [0.4, 0.5) is 0 Å². The Hall–Kier alpha value is -0.940. The lowest BCUT2D eigenvalue weighted by Gasteiger charge is -2.32. The van der Waals surface area contributed by atoms with Gasteiger partial charge in [0.05, 0.1) is 33.2 Å². The predicted octanol–water partition coefficient (Wildman–Crippen LogP) is 1.12. The van der Waals surface area contributed by atoms with Crippen LogP contribution < -0.4 is 0 Å². The lowest BCUT2D eigenvalue weighted by Crippen LogP contribution is -2.28. The van der Waals surface area contributed by atoms with Gasteiger partial charge in [-0.05, 0) is 6.08 Å². The van der Waals surface area contributed by atoms with Gasteiger partial charge in [-0.15, -0.1) is 0 Å². The molecule has 1 heterocycles. The molecule has 5 heteroatoms. The number of thioether (sulfide) groups is 1. The molecule has 15 heavy (non-hydrogen) atoms. The van der Waals surface area contributed by atoms with E-state index in [1.165, 1.54) is 11.8 Å². The molecule has 0 aromatic rings. The monoisotopic (exact) mass is 227 g/mol. The third-order valence-corrected chi connectivity index (χ3v) is 3.31. The van der Waals surface area contributed by atoms with Gasteiger partial charge in [0.25, 0.3) is 0 Å². The fraction of sp³-hybridized carbons (Fsp3) is 0.500. The van der Waals surface area contributed by atoms with Crippen LogP contribution in [-0.4, -0.2) is 54.4 Å². The molecule has 1 rings (SSSR count). The normalized spacial score (nSPS) is 15.0. The van der Waals surface area contributed by atoms with Crippen LogP contribution >= 0.6 is 11.8 Å². The molecule has 4 nitrogen and oxygen atoms in total. The second-order valence-corrected chi connectivity index (χ2v) is 4.66. The summed E-state index contributed by atoms with van der Waals surface area (Å²) in [4.78, 5) is 2.00. The number of rotatable bonds is 1. The average molecular weight is 227 g/mol. The van der Waals surface area contributed by atoms with Crippen molar-refractivity contribution in [3.63, 3.8) is 0 Å². The molecule has 0 aromatic carbocycles. The van der Waals surface area contributed by atoms with Crippen molar-refractivity contribution in [1.82, 2.24) is 9.96 Å². The Morgan fingerprint density at radius 2 is 2.20 bits per heavy atom. The summed E-state index contributed by atoms with van der Waals surface area (Å²) in [5, 5.41) is 14.3. The Morgan fingerprint density at radius 3 is 2.67 bits per heavy atom. The summed E-state index contributed by atoms with van der Waals surface area (Å²) < 4.78 is 2.00. The average Bonchev–Trinajstić information content (AvgIpc) is 2.15. The van der Waals surface area contributed by atoms with Gasteiger partial charge in [-0.1, -0.05) is 12.2 Å². The summed E-state index contributed by atoms with van der Waals surface area (Å²) in [5.74, 6) is 0. The van der Waals surface area contributed by atoms with Crippen LogP contribution in [0.5, 0.6) is 0 Å². The molecule has 1 aliphatic heterocycles. The Morgan fingerprint density at radius 1 is 1.53 bits per heavy atom. The van der Waals surface area contributed by atoms with Crippen LogP contribution in [-0.2, 0) is 0 Å². The second kappa shape index (κ2) is 5.23. The summed E-state index contributed by atoms with van der Waals surface area (Å²) in [6.07, 6.45) is 5.61. The van der Waals surface area contributed by atoms with Crippen LogP contribution in [0, 0.1) is 5.21 Å². The lowest BCUT2D eigenvalue weighted by molar-refractivity contribution is -0.466. The van der Waals surface area contributed by atoms with E-state index in [0.29, 0.717) is 6.54 Å². The summed E-state index contributed by atoms with van der Waals surface area (Å²) in [6, 6.07) is 0. The Bertz CT molecular complexity index is 317. The number of nitrogens with zero attached hydrogens (tertiary/aromatic N) is 3. The number of amidine groups is 1. The van der Waals surface area contributed by atoms with Gasteiger partial charge in [0.1, 0.15) is 0 Å². The number of hydroxylamine groups is 2. The first-order valence-corrected chi connectivity index (χ1v) is 5.55. The molecular formula is C10H17N3OS. The third kappa shape index (κ3) is 3.28. The van der Waals surface area contributed by atoms with Crippen LogP contribution in [0.25, 0.3) is 0 Å². The summed E-state index contributed by atoms with van der Waals surface area (Å²) >= 11 is 1.48. The molecule has 0 saturated heterocycles. The fourth-order valence-electron chi connectivity index (χ4n) is 1.24. The molecule has 0 unspecified atom stereocenters. The predicted molar refractivity (Wildman–Crippen MR) is 65.7 cm³/mol. The molecule has 1 aliphatic rings. The van der Waals surface area contributed by atoms with Crippen LogP contribution in [0.15, 0.2) is 23.3 Å². The van der Waals surface area contributed by atoms with Gasteiger partial charge in [0.15, 0.2) is 0 Å². The minimum atomic E-state index is 0.437. The van der Waals surface area contributed by atoms with Crippen molar-refractivity contribution in [2.75, 3.05) is 34.7 Å². The first kappa shape index (κ1) is 12.1. The van der Waals surface area contributed by atoms with Gasteiger partial charge in [0, 0.05) is 18.3 Å². The van der Waals surface area contributed by atoms with Crippen LogP contribution in [0.1, 0.15) is 0 Å². The summed E-state index contributed by atoms with van der Waals surface area (Å²) in [6.45, 7) is 0.437. The summed E-state index contributed by atoms with van der Waals surface area (Å²) in [5.41, 5.74) is 0. The maximum absolute atomic E-state index is 11.5. The standard InChI is InChI=1S/C10H17N3OS/c1-11(2)10(12(3)4)15-9-7-5-6-8-13(9)14/h5-7H,8H2,1-4H3. The van der Waals surface area contributed by atoms with Gasteiger partial charge < -0.3 is 10.3 Å². The van der Waals surface area contributed by atoms with Gasteiger partial charge >= 0.3 is 5.17 Å². The van der Waals surface area contributed by atoms with E-state index in [4.69, 9.17) is 0 Å². The first-order valence-electron chi connectivity index (χ1n) is 4.73. The van der Waals surface area contributed by atoms with E-state index in [-0.39, 0.29) is 0 Å². The van der Waals surface area contributed by atoms with E-state index >= 15 is 0 Å². The third-order valence-electron chi connectivity index (χ3n) is 1.85. The molecule has 0 fully saturated rings. The summed E-state index contributed by atoms with van der Waals surface area (Å²) in [7, 11) is 7.88. The zero-order valence-corrected chi connectivity index (χ0v) is 10.4. The van der Waals surface area contributed by atoms with Crippen molar-refractivity contribution in [2.24, 2.45) is 0 Å². The van der Waals surface area contributed by atoms with Crippen molar-refractivity contribution in [1.29, 1.82) is 0 Å². The fourth-order valence-corrected chi connectivity index (χ4v) is 2.12. The highest BCUT2D eigenvalue weighted by molar-refractivity contribution is 8.16. The molecule has 0 radical (unpaired) electrons. The van der Waals surface area contributed by atoms with Crippen LogP contribution in [0.2, 0.25) is 0 Å². The van der Waals surface area contributed by atoms with Gasteiger partial charge in [-0.25, -0.2) is 0 Å². The van der Waals surface area contributed by atoms with Gasteiger partial charge in [-0.3, -0.25) is 9.48 Å². The van der Waals surface area contributed by atoms with Crippen molar-refractivity contribution in [3.8, 4) is 0 Å². The lowest BCUT2D eigenvalue weighted by atomic mass is 10.4. The maximum atomic E-state index is 11.5. The quantitative estimate of drug-likeness (QED) is 0.382. The van der Waals surface area contributed by atoms with E-state index in [0.717, 1.165) is 15.3 Å². The van der Waals surface area contributed by atoms with E-state index in [2.05, 4.69) is 0 Å². The second-order valence-electron chi connectivity index (χ2n) is 3.67. The zero-order chi connectivity index (χ0) is 11.4. The molecule has 0 bridgehead atoms. The minimum Gasteiger partial charge on any atom is -0.758 e. The molecule has 0 spiro atoms. The van der Waals surface area contributed by atoms with Crippen molar-refractivity contribution in [3.05, 3.63) is 28.5 Å². The maximum Gasteiger partial charge on any atom is 0.313 e.